The summed E-state index contributed by atoms with van der Waals surface area (Å²) in [4.78, 5) is 20.3. The monoisotopic (exact) mass is 351 g/mol. The Morgan fingerprint density at radius 1 is 1.16 bits per heavy atom. The van der Waals surface area contributed by atoms with Gasteiger partial charge in [-0.3, -0.25) is 0 Å². The van der Waals surface area contributed by atoms with Crippen LogP contribution in [0.4, 0.5) is 14.6 Å². The molecular formula is C18H23F2N3O2. The SMILES string of the molecule is CC(C)[C@@H](Nc1nc(C(F)F)nc2ccccc12)C(=O)OC(C)(C)C. The second-order valence-electron chi connectivity index (χ2n) is 7.15. The molecule has 7 heteroatoms. The molecule has 0 unspecified atom stereocenters. The molecule has 0 aliphatic carbocycles. The van der Waals surface area contributed by atoms with Crippen LogP contribution in [0.1, 0.15) is 46.9 Å². The number of fused-ring (bicyclic) bond motifs is 1. The summed E-state index contributed by atoms with van der Waals surface area (Å²) in [7, 11) is 0. The summed E-state index contributed by atoms with van der Waals surface area (Å²) in [5.74, 6) is -0.958. The number of carbonyl (C=O) groups is 1. The molecule has 0 aliphatic rings. The Bertz CT molecular complexity index is 758. The number of alkyl halides is 2. The number of halogens is 2. The standard InChI is InChI=1S/C18H23F2N3O2/c1-10(2)13(17(24)25-18(3,4)5)22-15-11-8-6-7-9-12(11)21-16(23-15)14(19)20/h6-10,13-14H,1-5H3,(H,21,22,23)/t13-/m1/s1. The Hall–Kier alpha value is -2.31. The van der Waals surface area contributed by atoms with Crippen molar-refractivity contribution in [2.45, 2.75) is 52.7 Å². The predicted octanol–water partition coefficient (Wildman–Crippen LogP) is 4.35. The fourth-order valence-corrected chi connectivity index (χ4v) is 2.31. The zero-order valence-corrected chi connectivity index (χ0v) is 15.0. The van der Waals surface area contributed by atoms with Crippen molar-refractivity contribution in [2.75, 3.05) is 5.32 Å². The largest absolute Gasteiger partial charge is 0.458 e. The van der Waals surface area contributed by atoms with Crippen LogP contribution >= 0.6 is 0 Å². The van der Waals surface area contributed by atoms with E-state index in [1.54, 1.807) is 45.0 Å². The molecule has 1 aromatic heterocycles. The number of hydrogen-bond donors (Lipinski definition) is 1. The molecule has 2 aromatic rings. The van der Waals surface area contributed by atoms with Gasteiger partial charge in [-0.2, -0.15) is 0 Å². The number of esters is 1. The number of benzene rings is 1. The van der Waals surface area contributed by atoms with Gasteiger partial charge in [0.1, 0.15) is 17.5 Å². The Balaban J connectivity index is 2.43. The lowest BCUT2D eigenvalue weighted by atomic mass is 10.0. The molecule has 0 aliphatic heterocycles. The van der Waals surface area contributed by atoms with Crippen molar-refractivity contribution < 1.29 is 18.3 Å². The fourth-order valence-electron chi connectivity index (χ4n) is 2.31. The van der Waals surface area contributed by atoms with Gasteiger partial charge in [0, 0.05) is 5.39 Å². The van der Waals surface area contributed by atoms with Crippen molar-refractivity contribution in [3.63, 3.8) is 0 Å². The third-order valence-electron chi connectivity index (χ3n) is 3.44. The van der Waals surface area contributed by atoms with Crippen molar-refractivity contribution in [2.24, 2.45) is 5.92 Å². The van der Waals surface area contributed by atoms with E-state index in [4.69, 9.17) is 4.74 Å². The lowest BCUT2D eigenvalue weighted by molar-refractivity contribution is -0.156. The zero-order chi connectivity index (χ0) is 18.8. The maximum atomic E-state index is 13.1. The van der Waals surface area contributed by atoms with Crippen LogP contribution < -0.4 is 5.32 Å². The molecule has 0 amide bonds. The lowest BCUT2D eigenvalue weighted by Gasteiger charge is -2.27. The molecule has 136 valence electrons. The fraction of sp³-hybridized carbons (Fsp3) is 0.500. The molecule has 1 N–H and O–H groups in total. The van der Waals surface area contributed by atoms with Gasteiger partial charge in [-0.15, -0.1) is 0 Å². The van der Waals surface area contributed by atoms with Gasteiger partial charge < -0.3 is 10.1 Å². The van der Waals surface area contributed by atoms with Crippen LogP contribution in [-0.2, 0) is 9.53 Å². The van der Waals surface area contributed by atoms with E-state index in [0.29, 0.717) is 10.9 Å². The summed E-state index contributed by atoms with van der Waals surface area (Å²) in [6, 6.07) is 6.10. The second kappa shape index (κ2) is 7.29. The molecule has 0 fully saturated rings. The number of hydrogen-bond acceptors (Lipinski definition) is 5. The molecule has 2 rings (SSSR count). The van der Waals surface area contributed by atoms with Gasteiger partial charge in [-0.1, -0.05) is 26.0 Å². The number of para-hydroxylation sites is 1. The van der Waals surface area contributed by atoms with Crippen molar-refractivity contribution in [3.05, 3.63) is 30.1 Å². The number of anilines is 1. The van der Waals surface area contributed by atoms with Gasteiger partial charge in [0.15, 0.2) is 5.82 Å². The number of rotatable bonds is 5. The maximum absolute atomic E-state index is 13.1. The van der Waals surface area contributed by atoms with E-state index < -0.39 is 29.9 Å². The van der Waals surface area contributed by atoms with Crippen LogP contribution in [0.3, 0.4) is 0 Å². The molecule has 0 radical (unpaired) electrons. The number of nitrogens with one attached hydrogen (secondary N) is 1. The van der Waals surface area contributed by atoms with Crippen molar-refractivity contribution >= 4 is 22.7 Å². The topological polar surface area (TPSA) is 64.1 Å². The van der Waals surface area contributed by atoms with Crippen LogP contribution in [0, 0.1) is 5.92 Å². The van der Waals surface area contributed by atoms with E-state index in [0.717, 1.165) is 0 Å². The zero-order valence-electron chi connectivity index (χ0n) is 15.0. The minimum atomic E-state index is -2.80. The van der Waals surface area contributed by atoms with Gasteiger partial charge in [-0.05, 0) is 38.8 Å². The van der Waals surface area contributed by atoms with E-state index in [9.17, 15) is 13.6 Å². The first-order valence-electron chi connectivity index (χ1n) is 8.12. The van der Waals surface area contributed by atoms with E-state index in [1.807, 2.05) is 13.8 Å². The third-order valence-corrected chi connectivity index (χ3v) is 3.44. The average Bonchev–Trinajstić information content (AvgIpc) is 2.49. The molecule has 25 heavy (non-hydrogen) atoms. The van der Waals surface area contributed by atoms with Crippen LogP contribution in [0.2, 0.25) is 0 Å². The molecule has 1 atom stereocenters. The maximum Gasteiger partial charge on any atom is 0.329 e. The van der Waals surface area contributed by atoms with E-state index in [2.05, 4.69) is 15.3 Å². The summed E-state index contributed by atoms with van der Waals surface area (Å²) in [5, 5.41) is 3.55. The van der Waals surface area contributed by atoms with Gasteiger partial charge in [-0.25, -0.2) is 23.5 Å². The summed E-state index contributed by atoms with van der Waals surface area (Å²) in [6.45, 7) is 9.02. The minimum Gasteiger partial charge on any atom is -0.458 e. The molecule has 0 spiro atoms. The first-order valence-corrected chi connectivity index (χ1v) is 8.12. The quantitative estimate of drug-likeness (QED) is 0.812. The highest BCUT2D eigenvalue weighted by Crippen LogP contribution is 2.26. The molecule has 5 nitrogen and oxygen atoms in total. The van der Waals surface area contributed by atoms with Crippen molar-refractivity contribution in [1.29, 1.82) is 0 Å². The number of nitrogens with zero attached hydrogens (tertiary/aromatic N) is 2. The number of carbonyl (C=O) groups excluding carboxylic acids is 1. The van der Waals surface area contributed by atoms with Gasteiger partial charge >= 0.3 is 5.97 Å². The summed E-state index contributed by atoms with van der Waals surface area (Å²) in [6.07, 6.45) is -2.80. The van der Waals surface area contributed by atoms with Gasteiger partial charge in [0.05, 0.1) is 5.52 Å². The van der Waals surface area contributed by atoms with Gasteiger partial charge in [0.25, 0.3) is 6.43 Å². The highest BCUT2D eigenvalue weighted by atomic mass is 19.3. The average molecular weight is 351 g/mol. The van der Waals surface area contributed by atoms with E-state index in [1.165, 1.54) is 0 Å². The first kappa shape index (κ1) is 19.0. The second-order valence-corrected chi connectivity index (χ2v) is 7.15. The number of ether oxygens (including phenoxy) is 1. The van der Waals surface area contributed by atoms with E-state index >= 15 is 0 Å². The third kappa shape index (κ3) is 4.84. The van der Waals surface area contributed by atoms with Crippen LogP contribution in [0.25, 0.3) is 10.9 Å². The Labute approximate surface area is 145 Å². The summed E-state index contributed by atoms with van der Waals surface area (Å²) in [5.41, 5.74) is -0.254. The Kier molecular flexibility index (Phi) is 5.55. The molecule has 0 bridgehead atoms. The highest BCUT2D eigenvalue weighted by Gasteiger charge is 2.29. The smallest absolute Gasteiger partial charge is 0.329 e. The normalized spacial score (nSPS) is 13.3. The molecule has 1 heterocycles. The Morgan fingerprint density at radius 2 is 1.80 bits per heavy atom. The molecule has 1 aromatic carbocycles. The number of aromatic nitrogens is 2. The minimum absolute atomic E-state index is 0.126. The van der Waals surface area contributed by atoms with Crippen LogP contribution in [0.5, 0.6) is 0 Å². The van der Waals surface area contributed by atoms with E-state index in [-0.39, 0.29) is 11.7 Å². The van der Waals surface area contributed by atoms with Crippen molar-refractivity contribution in [3.8, 4) is 0 Å². The molecule has 0 saturated heterocycles. The lowest BCUT2D eigenvalue weighted by Crippen LogP contribution is -2.40. The van der Waals surface area contributed by atoms with Crippen molar-refractivity contribution in [1.82, 2.24) is 9.97 Å². The molecule has 0 saturated carbocycles. The summed E-state index contributed by atoms with van der Waals surface area (Å²) >= 11 is 0. The predicted molar refractivity (Wildman–Crippen MR) is 92.6 cm³/mol. The van der Waals surface area contributed by atoms with Crippen LogP contribution in [-0.4, -0.2) is 27.6 Å². The highest BCUT2D eigenvalue weighted by molar-refractivity contribution is 5.91. The van der Waals surface area contributed by atoms with Crippen LogP contribution in [0.15, 0.2) is 24.3 Å². The Morgan fingerprint density at radius 3 is 2.36 bits per heavy atom. The molecular weight excluding hydrogens is 328 g/mol. The first-order chi connectivity index (χ1) is 11.6. The van der Waals surface area contributed by atoms with Gasteiger partial charge in [0.2, 0.25) is 0 Å². The summed E-state index contributed by atoms with van der Waals surface area (Å²) < 4.78 is 31.6.